The second-order valence-electron chi connectivity index (χ2n) is 14.1. The van der Waals surface area contributed by atoms with Crippen molar-refractivity contribution in [3.8, 4) is 33.6 Å². The summed E-state index contributed by atoms with van der Waals surface area (Å²) >= 11 is 0. The minimum Gasteiger partial charge on any atom is -0.376 e. The molecule has 240 valence electrons. The van der Waals surface area contributed by atoms with Gasteiger partial charge in [0.1, 0.15) is 0 Å². The van der Waals surface area contributed by atoms with Crippen molar-refractivity contribution in [2.24, 2.45) is 0 Å². The van der Waals surface area contributed by atoms with Crippen LogP contribution in [0.4, 0.5) is 11.4 Å². The lowest BCUT2D eigenvalue weighted by Crippen LogP contribution is -2.59. The number of nitrogens with zero attached hydrogens (tertiary/aromatic N) is 3. The smallest absolute Gasteiger partial charge is 0.329 e. The van der Waals surface area contributed by atoms with Crippen molar-refractivity contribution in [3.05, 3.63) is 182 Å². The van der Waals surface area contributed by atoms with Gasteiger partial charge < -0.3 is 13.9 Å². The van der Waals surface area contributed by atoms with Crippen molar-refractivity contribution >= 4 is 72.8 Å². The number of aromatic nitrogens is 2. The maximum absolute atomic E-state index is 2.58. The molecule has 2 aliphatic rings. The molecule has 4 heterocycles. The SMILES string of the molecule is c1ccc(-n2c3ccccc3c3cc4c(cc32)c2cc3c(cc2n4-c2ccccc2)B2c4ccccc4-c4ccccc4N2c2ccccc2-3)cc1. The minimum atomic E-state index is 0.0353. The molecule has 0 N–H and O–H groups in total. The Morgan fingerprint density at radius 1 is 0.308 bits per heavy atom. The van der Waals surface area contributed by atoms with E-state index in [1.54, 1.807) is 0 Å². The summed E-state index contributed by atoms with van der Waals surface area (Å²) in [4.78, 5) is 2.58. The first-order valence-electron chi connectivity index (χ1n) is 18.1. The normalized spacial score (nSPS) is 12.9. The van der Waals surface area contributed by atoms with Crippen molar-refractivity contribution in [1.82, 2.24) is 9.13 Å². The van der Waals surface area contributed by atoms with Crippen LogP contribution in [0.25, 0.3) is 77.2 Å². The Morgan fingerprint density at radius 3 is 1.48 bits per heavy atom. The molecule has 0 spiro atoms. The quantitative estimate of drug-likeness (QED) is 0.168. The van der Waals surface area contributed by atoms with Crippen LogP contribution in [-0.4, -0.2) is 16.0 Å². The van der Waals surface area contributed by atoms with Crippen LogP contribution < -0.4 is 15.7 Å². The largest absolute Gasteiger partial charge is 0.376 e. The highest BCUT2D eigenvalue weighted by Crippen LogP contribution is 2.47. The summed E-state index contributed by atoms with van der Waals surface area (Å²) in [5.74, 6) is 0. The molecule has 0 saturated carbocycles. The Bertz CT molecular complexity index is 3080. The maximum Gasteiger partial charge on any atom is 0.329 e. The summed E-state index contributed by atoms with van der Waals surface area (Å²) in [7, 11) is 0. The lowest BCUT2D eigenvalue weighted by Gasteiger charge is -2.43. The van der Waals surface area contributed by atoms with Crippen molar-refractivity contribution in [1.29, 1.82) is 0 Å². The van der Waals surface area contributed by atoms with Crippen LogP contribution in [0, 0.1) is 0 Å². The molecule has 2 aromatic heterocycles. The average molecular weight is 660 g/mol. The molecule has 0 radical (unpaired) electrons. The van der Waals surface area contributed by atoms with E-state index in [2.05, 4.69) is 196 Å². The van der Waals surface area contributed by atoms with E-state index in [0.29, 0.717) is 0 Å². The molecular weight excluding hydrogens is 629 g/mol. The molecular formula is C48H30BN3. The van der Waals surface area contributed by atoms with Crippen LogP contribution >= 0.6 is 0 Å². The number of para-hydroxylation sites is 5. The molecule has 0 amide bonds. The first kappa shape index (κ1) is 28.0. The lowest BCUT2D eigenvalue weighted by molar-refractivity contribution is 1.17. The molecule has 10 aromatic rings. The van der Waals surface area contributed by atoms with Crippen LogP contribution in [0.2, 0.25) is 0 Å². The monoisotopic (exact) mass is 659 g/mol. The van der Waals surface area contributed by atoms with Gasteiger partial charge in [0.05, 0.1) is 22.1 Å². The van der Waals surface area contributed by atoms with E-state index < -0.39 is 0 Å². The lowest BCUT2D eigenvalue weighted by atomic mass is 9.43. The second-order valence-corrected chi connectivity index (χ2v) is 14.1. The molecule has 12 rings (SSSR count). The van der Waals surface area contributed by atoms with E-state index in [1.165, 1.54) is 93.9 Å². The zero-order valence-corrected chi connectivity index (χ0v) is 28.2. The fourth-order valence-corrected chi connectivity index (χ4v) is 9.37. The number of benzene rings is 8. The van der Waals surface area contributed by atoms with Crippen molar-refractivity contribution < 1.29 is 0 Å². The molecule has 8 aromatic carbocycles. The van der Waals surface area contributed by atoms with Gasteiger partial charge in [0.15, 0.2) is 0 Å². The second kappa shape index (κ2) is 10.4. The fraction of sp³-hybridized carbons (Fsp3) is 0. The summed E-state index contributed by atoms with van der Waals surface area (Å²) < 4.78 is 4.92. The van der Waals surface area contributed by atoms with Gasteiger partial charge in [-0.25, -0.2) is 0 Å². The Morgan fingerprint density at radius 2 is 0.788 bits per heavy atom. The van der Waals surface area contributed by atoms with Crippen LogP contribution in [-0.2, 0) is 0 Å². The molecule has 0 unspecified atom stereocenters. The van der Waals surface area contributed by atoms with Gasteiger partial charge in [-0.05, 0) is 88.8 Å². The summed E-state index contributed by atoms with van der Waals surface area (Å²) in [6.45, 7) is 0.0353. The van der Waals surface area contributed by atoms with Gasteiger partial charge >= 0.3 is 6.85 Å². The van der Waals surface area contributed by atoms with E-state index in [1.807, 2.05) is 0 Å². The van der Waals surface area contributed by atoms with Crippen LogP contribution in [0.15, 0.2) is 182 Å². The fourth-order valence-electron chi connectivity index (χ4n) is 9.37. The van der Waals surface area contributed by atoms with E-state index in [-0.39, 0.29) is 6.85 Å². The molecule has 52 heavy (non-hydrogen) atoms. The maximum atomic E-state index is 2.58. The third kappa shape index (κ3) is 3.65. The van der Waals surface area contributed by atoms with Crippen LogP contribution in [0.5, 0.6) is 0 Å². The number of anilines is 2. The Hall–Kier alpha value is -6.78. The number of hydrogen-bond acceptors (Lipinski definition) is 1. The third-order valence-corrected chi connectivity index (χ3v) is 11.5. The average Bonchev–Trinajstić information content (AvgIpc) is 3.71. The van der Waals surface area contributed by atoms with Crippen molar-refractivity contribution in [3.63, 3.8) is 0 Å². The molecule has 0 saturated heterocycles. The third-order valence-electron chi connectivity index (χ3n) is 11.5. The Kier molecular flexibility index (Phi) is 5.58. The topological polar surface area (TPSA) is 13.1 Å². The highest BCUT2D eigenvalue weighted by Gasteiger charge is 2.42. The first-order chi connectivity index (χ1) is 25.8. The van der Waals surface area contributed by atoms with Crippen LogP contribution in [0.1, 0.15) is 0 Å². The predicted molar refractivity (Wildman–Crippen MR) is 220 cm³/mol. The van der Waals surface area contributed by atoms with E-state index >= 15 is 0 Å². The Balaban J connectivity index is 1.24. The zero-order chi connectivity index (χ0) is 33.9. The van der Waals surface area contributed by atoms with E-state index in [4.69, 9.17) is 0 Å². The molecule has 0 aliphatic carbocycles. The molecule has 2 aliphatic heterocycles. The van der Waals surface area contributed by atoms with Crippen LogP contribution in [0.3, 0.4) is 0 Å². The van der Waals surface area contributed by atoms with Gasteiger partial charge in [0.2, 0.25) is 0 Å². The molecule has 4 heteroatoms. The van der Waals surface area contributed by atoms with Crippen molar-refractivity contribution in [2.45, 2.75) is 0 Å². The Labute approximate surface area is 301 Å². The van der Waals surface area contributed by atoms with Gasteiger partial charge in [-0.3, -0.25) is 0 Å². The molecule has 0 atom stereocenters. The summed E-state index contributed by atoms with van der Waals surface area (Å²) in [5.41, 5.74) is 17.5. The summed E-state index contributed by atoms with van der Waals surface area (Å²) in [5, 5.41) is 5.03. The number of rotatable bonds is 2. The molecule has 0 bridgehead atoms. The number of fused-ring (bicyclic) bond motifs is 17. The summed E-state index contributed by atoms with van der Waals surface area (Å²) in [6.07, 6.45) is 0. The first-order valence-corrected chi connectivity index (χ1v) is 18.1. The summed E-state index contributed by atoms with van der Waals surface area (Å²) in [6, 6.07) is 67.2. The van der Waals surface area contributed by atoms with Gasteiger partial charge in [-0.15, -0.1) is 0 Å². The highest BCUT2D eigenvalue weighted by molar-refractivity contribution is 6.92. The van der Waals surface area contributed by atoms with Gasteiger partial charge in [0, 0.05) is 55.4 Å². The molecule has 0 fully saturated rings. The predicted octanol–water partition coefficient (Wildman–Crippen LogP) is 10.8. The minimum absolute atomic E-state index is 0.0353. The van der Waals surface area contributed by atoms with E-state index in [0.717, 1.165) is 5.69 Å². The highest BCUT2D eigenvalue weighted by atomic mass is 15.1. The van der Waals surface area contributed by atoms with Gasteiger partial charge in [-0.2, -0.15) is 0 Å². The van der Waals surface area contributed by atoms with Gasteiger partial charge in [-0.1, -0.05) is 115 Å². The zero-order valence-electron chi connectivity index (χ0n) is 28.2. The standard InChI is InChI=1S/C48H30BN3/c1-3-15-31(16-4-1)50-43-24-12-8-22-36(43)39-28-47-40(29-46(39)50)38-27-37-35-21-10-14-26-45(35)52-44-25-13-9-20-34(44)33-19-7-11-23-41(33)49(52)42(37)30-48(38)51(47)32-17-5-2-6-18-32/h1-30H. The van der Waals surface area contributed by atoms with E-state index in [9.17, 15) is 0 Å². The van der Waals surface area contributed by atoms with Crippen molar-refractivity contribution in [2.75, 3.05) is 4.81 Å². The van der Waals surface area contributed by atoms with Gasteiger partial charge in [0.25, 0.3) is 0 Å². The number of hydrogen-bond donors (Lipinski definition) is 0. The molecule has 3 nitrogen and oxygen atoms in total.